The molecule has 27 heavy (non-hydrogen) atoms. The zero-order valence-corrected chi connectivity index (χ0v) is 16.3. The lowest BCUT2D eigenvalue weighted by atomic mass is 10.2. The van der Waals surface area contributed by atoms with Crippen LogP contribution in [0.3, 0.4) is 0 Å². The van der Waals surface area contributed by atoms with Gasteiger partial charge in [-0.3, -0.25) is 0 Å². The zero-order valence-electron chi connectivity index (χ0n) is 14.7. The number of hydrogen-bond donors (Lipinski definition) is 1. The number of rotatable bonds is 5. The van der Waals surface area contributed by atoms with Crippen LogP contribution in [0.25, 0.3) is 0 Å². The molecule has 3 rings (SSSR count). The summed E-state index contributed by atoms with van der Waals surface area (Å²) in [5.41, 5.74) is 7.72. The number of carbonyl (C=O) groups excluding carboxylic acids is 1. The lowest BCUT2D eigenvalue weighted by molar-refractivity contribution is 0.0728. The molecule has 0 atom stereocenters. The average molecular weight is 429 g/mol. The molecule has 0 aliphatic carbocycles. The van der Waals surface area contributed by atoms with E-state index in [9.17, 15) is 4.79 Å². The van der Waals surface area contributed by atoms with E-state index in [1.807, 2.05) is 13.0 Å². The van der Waals surface area contributed by atoms with Gasteiger partial charge in [-0.05, 0) is 52.7 Å². The zero-order chi connectivity index (χ0) is 19.4. The monoisotopic (exact) mass is 428 g/mol. The number of ether oxygens (including phenoxy) is 2. The summed E-state index contributed by atoms with van der Waals surface area (Å²) in [6.07, 6.45) is 3.32. The van der Waals surface area contributed by atoms with Crippen molar-refractivity contribution in [3.05, 3.63) is 70.0 Å². The van der Waals surface area contributed by atoms with E-state index in [2.05, 4.69) is 26.0 Å². The van der Waals surface area contributed by atoms with E-state index >= 15 is 0 Å². The van der Waals surface area contributed by atoms with Gasteiger partial charge in [0.2, 0.25) is 5.95 Å². The normalized spacial score (nSPS) is 10.9. The van der Waals surface area contributed by atoms with E-state index in [1.165, 1.54) is 11.8 Å². The summed E-state index contributed by atoms with van der Waals surface area (Å²) in [5, 5.41) is 4.27. The molecule has 0 radical (unpaired) electrons. The van der Waals surface area contributed by atoms with Crippen LogP contribution >= 0.6 is 15.9 Å². The van der Waals surface area contributed by atoms with E-state index < -0.39 is 5.97 Å². The molecule has 2 aromatic carbocycles. The van der Waals surface area contributed by atoms with Crippen LogP contribution in [-0.2, 0) is 0 Å². The minimum absolute atomic E-state index is 0.293. The Morgan fingerprint density at radius 3 is 2.67 bits per heavy atom. The van der Waals surface area contributed by atoms with E-state index in [-0.39, 0.29) is 0 Å². The van der Waals surface area contributed by atoms with Gasteiger partial charge in [0.25, 0.3) is 0 Å². The predicted octanol–water partition coefficient (Wildman–Crippen LogP) is 3.65. The summed E-state index contributed by atoms with van der Waals surface area (Å²) in [5.74, 6) is 0.507. The highest BCUT2D eigenvalue weighted by molar-refractivity contribution is 9.10. The Morgan fingerprint density at radius 2 is 2.04 bits per heavy atom. The SMILES string of the molecule is COc1cc(C=Nn2cc(C)nc2N)cc(Br)c1OC(=O)c1ccccc1. The number of imidazole rings is 1. The molecular weight excluding hydrogens is 412 g/mol. The summed E-state index contributed by atoms with van der Waals surface area (Å²) in [4.78, 5) is 16.4. The first-order valence-electron chi connectivity index (χ1n) is 7.98. The summed E-state index contributed by atoms with van der Waals surface area (Å²) in [6, 6.07) is 12.2. The van der Waals surface area contributed by atoms with Gasteiger partial charge in [0.15, 0.2) is 11.5 Å². The molecule has 0 aliphatic rings. The van der Waals surface area contributed by atoms with Crippen molar-refractivity contribution in [2.24, 2.45) is 5.10 Å². The highest BCUT2D eigenvalue weighted by Crippen LogP contribution is 2.36. The number of aryl methyl sites for hydroxylation is 1. The quantitative estimate of drug-likeness (QED) is 0.380. The van der Waals surface area contributed by atoms with Crippen LogP contribution < -0.4 is 15.2 Å². The van der Waals surface area contributed by atoms with Crippen molar-refractivity contribution in [2.45, 2.75) is 6.92 Å². The first-order chi connectivity index (χ1) is 13.0. The minimum Gasteiger partial charge on any atom is -0.493 e. The van der Waals surface area contributed by atoms with E-state index in [0.29, 0.717) is 27.5 Å². The summed E-state index contributed by atoms with van der Waals surface area (Å²) in [7, 11) is 1.50. The predicted molar refractivity (Wildman–Crippen MR) is 106 cm³/mol. The number of benzene rings is 2. The number of carbonyl (C=O) groups is 1. The van der Waals surface area contributed by atoms with Crippen LogP contribution in [0.1, 0.15) is 21.6 Å². The van der Waals surface area contributed by atoms with Crippen LogP contribution in [0.2, 0.25) is 0 Å². The number of nitrogens with two attached hydrogens (primary N) is 1. The largest absolute Gasteiger partial charge is 0.493 e. The second-order valence-corrected chi connectivity index (χ2v) is 6.47. The second-order valence-electron chi connectivity index (χ2n) is 5.62. The molecule has 0 saturated heterocycles. The van der Waals surface area contributed by atoms with Gasteiger partial charge in [0.05, 0.1) is 35.3 Å². The smallest absolute Gasteiger partial charge is 0.343 e. The number of hydrogen-bond acceptors (Lipinski definition) is 6. The third-order valence-electron chi connectivity index (χ3n) is 3.62. The third-order valence-corrected chi connectivity index (χ3v) is 4.21. The minimum atomic E-state index is -0.474. The molecule has 138 valence electrons. The van der Waals surface area contributed by atoms with E-state index in [0.717, 1.165) is 11.3 Å². The standard InChI is InChI=1S/C19H17BrN4O3/c1-12-11-24(19(21)23-12)22-10-13-8-15(20)17(16(9-13)26-2)27-18(25)14-6-4-3-5-7-14/h3-11H,1-2H3,(H2,21,23). The van der Waals surface area contributed by atoms with Crippen molar-refractivity contribution in [1.29, 1.82) is 0 Å². The maximum atomic E-state index is 12.3. The Hall–Kier alpha value is -3.13. The molecular formula is C19H17BrN4O3. The van der Waals surface area contributed by atoms with Crippen molar-refractivity contribution >= 4 is 34.1 Å². The molecule has 0 fully saturated rings. The summed E-state index contributed by atoms with van der Waals surface area (Å²) in [6.45, 7) is 1.83. The van der Waals surface area contributed by atoms with Crippen LogP contribution in [-0.4, -0.2) is 29.0 Å². The number of esters is 1. The number of methoxy groups -OCH3 is 1. The fraction of sp³-hybridized carbons (Fsp3) is 0.105. The molecule has 8 heteroatoms. The highest BCUT2D eigenvalue weighted by Gasteiger charge is 2.16. The number of nitrogen functional groups attached to an aromatic ring is 1. The van der Waals surface area contributed by atoms with Gasteiger partial charge in [-0.2, -0.15) is 5.10 Å². The lowest BCUT2D eigenvalue weighted by Crippen LogP contribution is -2.09. The first kappa shape index (κ1) is 18.7. The molecule has 0 amide bonds. The van der Waals surface area contributed by atoms with E-state index in [4.69, 9.17) is 15.2 Å². The molecule has 7 nitrogen and oxygen atoms in total. The van der Waals surface area contributed by atoms with Crippen molar-refractivity contribution in [2.75, 3.05) is 12.8 Å². The van der Waals surface area contributed by atoms with Crippen molar-refractivity contribution in [3.63, 3.8) is 0 Å². The molecule has 0 saturated carbocycles. The van der Waals surface area contributed by atoms with Crippen LogP contribution in [0, 0.1) is 6.92 Å². The lowest BCUT2D eigenvalue weighted by Gasteiger charge is -2.12. The van der Waals surface area contributed by atoms with Crippen LogP contribution in [0.15, 0.2) is 58.2 Å². The van der Waals surface area contributed by atoms with Gasteiger partial charge >= 0.3 is 5.97 Å². The fourth-order valence-electron chi connectivity index (χ4n) is 2.36. The average Bonchev–Trinajstić information content (AvgIpc) is 2.99. The van der Waals surface area contributed by atoms with Crippen molar-refractivity contribution in [1.82, 2.24) is 9.66 Å². The Labute approximate surface area is 164 Å². The second kappa shape index (κ2) is 8.05. The van der Waals surface area contributed by atoms with Crippen LogP contribution in [0.5, 0.6) is 11.5 Å². The Morgan fingerprint density at radius 1 is 1.30 bits per heavy atom. The van der Waals surface area contributed by atoms with Gasteiger partial charge in [0, 0.05) is 0 Å². The van der Waals surface area contributed by atoms with E-state index in [1.54, 1.807) is 48.8 Å². The molecule has 2 N–H and O–H groups in total. The molecule has 0 unspecified atom stereocenters. The number of aromatic nitrogens is 2. The van der Waals surface area contributed by atoms with Crippen molar-refractivity contribution in [3.8, 4) is 11.5 Å². The molecule has 1 aromatic heterocycles. The molecule has 0 spiro atoms. The third kappa shape index (κ3) is 4.35. The Balaban J connectivity index is 1.87. The van der Waals surface area contributed by atoms with Gasteiger partial charge in [-0.15, -0.1) is 0 Å². The Kier molecular flexibility index (Phi) is 5.56. The molecule has 3 aromatic rings. The maximum absolute atomic E-state index is 12.3. The van der Waals surface area contributed by atoms with Gasteiger partial charge < -0.3 is 15.2 Å². The number of anilines is 1. The highest BCUT2D eigenvalue weighted by atomic mass is 79.9. The number of halogens is 1. The van der Waals surface area contributed by atoms with Gasteiger partial charge in [0.1, 0.15) is 0 Å². The summed E-state index contributed by atoms with van der Waals surface area (Å²) >= 11 is 3.42. The molecule has 0 aliphatic heterocycles. The maximum Gasteiger partial charge on any atom is 0.343 e. The molecule has 0 bridgehead atoms. The van der Waals surface area contributed by atoms with Crippen LogP contribution in [0.4, 0.5) is 5.95 Å². The van der Waals surface area contributed by atoms with Gasteiger partial charge in [-0.1, -0.05) is 18.2 Å². The molecule has 1 heterocycles. The fourth-order valence-corrected chi connectivity index (χ4v) is 2.91. The topological polar surface area (TPSA) is 91.7 Å². The Bertz CT molecular complexity index is 1000. The summed E-state index contributed by atoms with van der Waals surface area (Å²) < 4.78 is 12.9. The number of nitrogens with zero attached hydrogens (tertiary/aromatic N) is 3. The first-order valence-corrected chi connectivity index (χ1v) is 8.78. The van der Waals surface area contributed by atoms with Gasteiger partial charge in [-0.25, -0.2) is 14.5 Å². The van der Waals surface area contributed by atoms with Crippen molar-refractivity contribution < 1.29 is 14.3 Å².